The number of aryl methyl sites for hydroxylation is 4. The van der Waals surface area contributed by atoms with Crippen LogP contribution in [0.1, 0.15) is 57.9 Å². The molecule has 0 N–H and O–H groups in total. The third-order valence-corrected chi connectivity index (χ3v) is 2.70. The maximum absolute atomic E-state index is 2.18. The third kappa shape index (κ3) is 17.7. The van der Waals surface area contributed by atoms with E-state index in [9.17, 15) is 0 Å². The average Bonchev–Trinajstić information content (AvgIpc) is 2.42. The van der Waals surface area contributed by atoms with Gasteiger partial charge in [0.15, 0.2) is 0 Å². The van der Waals surface area contributed by atoms with Gasteiger partial charge in [-0.15, -0.1) is 0 Å². The second kappa shape index (κ2) is 21.5. The molecule has 0 unspecified atom stereocenters. The summed E-state index contributed by atoms with van der Waals surface area (Å²) in [5.74, 6) is 0. The first-order chi connectivity index (χ1) is 9.11. The number of hydrogen-bond acceptors (Lipinski definition) is 0. The van der Waals surface area contributed by atoms with Gasteiger partial charge in [-0.25, -0.2) is 0 Å². The maximum atomic E-state index is 2.18. The van der Waals surface area contributed by atoms with Crippen LogP contribution in [-0.4, -0.2) is 0 Å². The van der Waals surface area contributed by atoms with Crippen LogP contribution in [0.5, 0.6) is 0 Å². The van der Waals surface area contributed by atoms with Crippen molar-refractivity contribution in [1.82, 2.24) is 0 Å². The maximum Gasteiger partial charge on any atom is 0 e. The predicted molar refractivity (Wildman–Crippen MR) is 108 cm³/mol. The average molecular weight is 392 g/mol. The zero-order valence-corrected chi connectivity index (χ0v) is 17.7. The van der Waals surface area contributed by atoms with Gasteiger partial charge in [-0.2, -0.15) is 0 Å². The van der Waals surface area contributed by atoms with Gasteiger partial charge in [0, 0.05) is 32.7 Å². The molecule has 0 fully saturated rings. The van der Waals surface area contributed by atoms with E-state index in [1.165, 1.54) is 22.3 Å². The van der Waals surface area contributed by atoms with Crippen molar-refractivity contribution in [2.45, 2.75) is 62.8 Å². The molecule has 0 aliphatic rings. The largest absolute Gasteiger partial charge is 0.358 e. The first-order valence-corrected chi connectivity index (χ1v) is 7.20. The van der Waals surface area contributed by atoms with Gasteiger partial charge in [0.2, 0.25) is 0 Å². The first-order valence-electron chi connectivity index (χ1n) is 7.20. The van der Waals surface area contributed by atoms with Gasteiger partial charge in [0.25, 0.3) is 0 Å². The molecule has 0 spiro atoms. The van der Waals surface area contributed by atoms with E-state index in [2.05, 4.69) is 76.2 Å². The molecule has 0 aliphatic carbocycles. The van der Waals surface area contributed by atoms with Gasteiger partial charge < -0.3 is 7.43 Å². The van der Waals surface area contributed by atoms with Crippen molar-refractivity contribution < 1.29 is 32.7 Å². The summed E-state index contributed by atoms with van der Waals surface area (Å²) in [6.07, 6.45) is 1.14. The fraction of sp³-hybridized carbons (Fsp3) is 0.409. The van der Waals surface area contributed by atoms with Gasteiger partial charge >= 0.3 is 0 Å². The van der Waals surface area contributed by atoms with Crippen LogP contribution in [0.25, 0.3) is 0 Å². The normalized spacial score (nSPS) is 7.22. The van der Waals surface area contributed by atoms with Crippen molar-refractivity contribution in [1.29, 1.82) is 0 Å². The Hall–Kier alpha value is -0.456. The third-order valence-electron chi connectivity index (χ3n) is 2.70. The molecule has 0 heterocycles. The summed E-state index contributed by atoms with van der Waals surface area (Å²) in [6.45, 7) is 12.5. The smallest absolute Gasteiger partial charge is 0 e. The Labute approximate surface area is 173 Å². The van der Waals surface area contributed by atoms with Gasteiger partial charge in [-0.3, -0.25) is 0 Å². The standard InChI is InChI=1S/C9H12.C8H10.C2H6.2CH4.CH3.Y/c1-3-9-6-4-8(2)5-7-9;1-7-4-3-5-8(2)6-7;1-2;;;;/h4-7H,3H2,1-2H3;3-6H,1-2H3;1-2H3;2*1H4;1H3;/q;;;;;-1;. The molecule has 2 aromatic carbocycles. The van der Waals surface area contributed by atoms with E-state index in [-0.39, 0.29) is 55.0 Å². The Morgan fingerprint density at radius 3 is 1.35 bits per heavy atom. The minimum Gasteiger partial charge on any atom is -0.358 e. The van der Waals surface area contributed by atoms with Crippen molar-refractivity contribution in [2.24, 2.45) is 0 Å². The fourth-order valence-corrected chi connectivity index (χ4v) is 1.63. The zero-order chi connectivity index (χ0) is 14.7. The molecule has 0 aromatic heterocycles. The van der Waals surface area contributed by atoms with E-state index in [1.807, 2.05) is 13.8 Å². The van der Waals surface area contributed by atoms with E-state index in [0.29, 0.717) is 0 Å². The van der Waals surface area contributed by atoms with Gasteiger partial charge in [-0.1, -0.05) is 101 Å². The molecular weight excluding hydrogens is 353 g/mol. The Kier molecular flexibility index (Phi) is 31.8. The molecule has 0 amide bonds. The monoisotopic (exact) mass is 392 g/mol. The summed E-state index contributed by atoms with van der Waals surface area (Å²) in [7, 11) is 0. The molecule has 0 bridgehead atoms. The van der Waals surface area contributed by atoms with E-state index in [1.54, 1.807) is 0 Å². The summed E-state index contributed by atoms with van der Waals surface area (Å²) >= 11 is 0. The summed E-state index contributed by atoms with van der Waals surface area (Å²) in [5.41, 5.74) is 5.43. The summed E-state index contributed by atoms with van der Waals surface area (Å²) in [6, 6.07) is 17.1. The van der Waals surface area contributed by atoms with Crippen LogP contribution in [0.15, 0.2) is 48.5 Å². The van der Waals surface area contributed by atoms with E-state index >= 15 is 0 Å². The Morgan fingerprint density at radius 2 is 1.09 bits per heavy atom. The van der Waals surface area contributed by atoms with Crippen LogP contribution in [0.3, 0.4) is 0 Å². The molecule has 0 nitrogen and oxygen atoms in total. The Balaban J connectivity index is -0.0000000734. The van der Waals surface area contributed by atoms with Crippen molar-refractivity contribution in [3.05, 3.63) is 78.2 Å². The minimum absolute atomic E-state index is 0. The van der Waals surface area contributed by atoms with Crippen LogP contribution in [0.4, 0.5) is 0 Å². The predicted octanol–water partition coefficient (Wildman–Crippen LogP) is 7.61. The molecule has 0 saturated carbocycles. The topological polar surface area (TPSA) is 0 Å². The van der Waals surface area contributed by atoms with E-state index in [4.69, 9.17) is 0 Å². The Bertz CT molecular complexity index is 427. The molecular formula is C22H39Y-. The molecule has 1 heteroatoms. The zero-order valence-electron chi connectivity index (χ0n) is 14.9. The SMILES string of the molecule is C.C.CC.CCc1ccc(C)cc1.Cc1cccc(C)c1.[CH3-].[Y]. The van der Waals surface area contributed by atoms with Crippen LogP contribution < -0.4 is 0 Å². The number of hydrogen-bond donors (Lipinski definition) is 0. The van der Waals surface area contributed by atoms with Crippen molar-refractivity contribution in [3.8, 4) is 0 Å². The van der Waals surface area contributed by atoms with Crippen LogP contribution in [0, 0.1) is 28.2 Å². The fourth-order valence-electron chi connectivity index (χ4n) is 1.63. The quantitative estimate of drug-likeness (QED) is 0.438. The van der Waals surface area contributed by atoms with Crippen LogP contribution in [-0.2, 0) is 39.1 Å². The number of benzene rings is 2. The van der Waals surface area contributed by atoms with Crippen molar-refractivity contribution in [2.75, 3.05) is 0 Å². The first kappa shape index (κ1) is 34.0. The second-order valence-corrected chi connectivity index (χ2v) is 4.50. The van der Waals surface area contributed by atoms with Gasteiger partial charge in [0.05, 0.1) is 0 Å². The minimum atomic E-state index is 0. The molecule has 0 aliphatic heterocycles. The molecule has 131 valence electrons. The molecule has 0 atom stereocenters. The van der Waals surface area contributed by atoms with E-state index in [0.717, 1.165) is 6.42 Å². The summed E-state index contributed by atoms with van der Waals surface area (Å²) < 4.78 is 0. The van der Waals surface area contributed by atoms with Gasteiger partial charge in [-0.05, 0) is 32.8 Å². The van der Waals surface area contributed by atoms with Crippen LogP contribution >= 0.6 is 0 Å². The molecule has 2 aromatic rings. The van der Waals surface area contributed by atoms with E-state index < -0.39 is 0 Å². The summed E-state index contributed by atoms with van der Waals surface area (Å²) in [4.78, 5) is 0. The van der Waals surface area contributed by atoms with Crippen molar-refractivity contribution >= 4 is 0 Å². The summed E-state index contributed by atoms with van der Waals surface area (Å²) in [5, 5.41) is 0. The molecule has 0 saturated heterocycles. The van der Waals surface area contributed by atoms with Crippen LogP contribution in [0.2, 0.25) is 0 Å². The molecule has 1 radical (unpaired) electrons. The second-order valence-electron chi connectivity index (χ2n) is 4.50. The molecule has 23 heavy (non-hydrogen) atoms. The number of rotatable bonds is 1. The Morgan fingerprint density at radius 1 is 0.696 bits per heavy atom. The van der Waals surface area contributed by atoms with Gasteiger partial charge in [0.1, 0.15) is 0 Å². The van der Waals surface area contributed by atoms with Crippen molar-refractivity contribution in [3.63, 3.8) is 0 Å². The molecule has 2 rings (SSSR count).